The monoisotopic (exact) mass is 382 g/mol. The second kappa shape index (κ2) is 7.28. The number of carbonyl (C=O) groups excluding carboxylic acids is 1. The fourth-order valence-corrected chi connectivity index (χ4v) is 3.99. The summed E-state index contributed by atoms with van der Waals surface area (Å²) in [7, 11) is 0. The predicted molar refractivity (Wildman–Crippen MR) is 90.0 cm³/mol. The number of thioether (sulfide) groups is 1. The van der Waals surface area contributed by atoms with Crippen molar-refractivity contribution in [3.63, 3.8) is 0 Å². The minimum atomic E-state index is -1.29. The van der Waals surface area contributed by atoms with E-state index >= 15 is 0 Å². The van der Waals surface area contributed by atoms with Gasteiger partial charge in [0.2, 0.25) is 0 Å². The van der Waals surface area contributed by atoms with Crippen LogP contribution in [-0.4, -0.2) is 22.9 Å². The van der Waals surface area contributed by atoms with Gasteiger partial charge in [-0.15, -0.1) is 11.8 Å². The van der Waals surface area contributed by atoms with Crippen LogP contribution in [0.5, 0.6) is 0 Å². The maximum atomic E-state index is 14.3. The van der Waals surface area contributed by atoms with Crippen molar-refractivity contribution in [2.45, 2.75) is 17.4 Å². The van der Waals surface area contributed by atoms with Crippen molar-refractivity contribution in [1.29, 1.82) is 0 Å². The van der Waals surface area contributed by atoms with Crippen LogP contribution >= 0.6 is 11.8 Å². The molecule has 1 aliphatic heterocycles. The molecular formula is C17H13F3N2O3S. The van der Waals surface area contributed by atoms with E-state index in [9.17, 15) is 22.8 Å². The van der Waals surface area contributed by atoms with Crippen LogP contribution in [0.1, 0.15) is 28.4 Å². The lowest BCUT2D eigenvalue weighted by Gasteiger charge is -2.27. The van der Waals surface area contributed by atoms with Gasteiger partial charge in [0.05, 0.1) is 11.6 Å². The number of fused-ring (bicyclic) bond motifs is 1. The maximum absolute atomic E-state index is 14.3. The van der Waals surface area contributed by atoms with E-state index in [4.69, 9.17) is 5.11 Å². The molecule has 2 amide bonds. The third-order valence-corrected chi connectivity index (χ3v) is 5.03. The van der Waals surface area contributed by atoms with Gasteiger partial charge in [0.1, 0.15) is 5.82 Å². The van der Waals surface area contributed by atoms with Crippen LogP contribution in [0, 0.1) is 17.5 Å². The molecule has 26 heavy (non-hydrogen) atoms. The van der Waals surface area contributed by atoms with Gasteiger partial charge in [0.25, 0.3) is 5.91 Å². The average molecular weight is 382 g/mol. The summed E-state index contributed by atoms with van der Waals surface area (Å²) >= 11 is 1.24. The van der Waals surface area contributed by atoms with Crippen LogP contribution in [-0.2, 0) is 0 Å². The van der Waals surface area contributed by atoms with E-state index in [-0.39, 0.29) is 16.8 Å². The van der Waals surface area contributed by atoms with Crippen molar-refractivity contribution in [3.8, 4) is 0 Å². The molecule has 1 heterocycles. The maximum Gasteiger partial charge on any atom is 0.405 e. The number of anilines is 1. The first-order valence-corrected chi connectivity index (χ1v) is 8.56. The lowest BCUT2D eigenvalue weighted by atomic mass is 10.00. The molecule has 9 heteroatoms. The number of nitrogens with one attached hydrogen (secondary N) is 2. The zero-order chi connectivity index (χ0) is 18.8. The molecule has 0 fully saturated rings. The predicted octanol–water partition coefficient (Wildman–Crippen LogP) is 4.16. The van der Waals surface area contributed by atoms with Crippen LogP contribution in [0.3, 0.4) is 0 Å². The SMILES string of the molecule is O=C(O)N[C@@H]1CCSc2c(C(=O)Nc3ccc(F)c(F)c3)ccc(F)c21. The standard InChI is InChI=1S/C17H13F3N2O3S/c18-10-3-1-8(7-12(10)20)21-16(23)9-2-4-11(19)14-13(22-17(24)25)5-6-26-15(9)14/h1-4,7,13,22H,5-6H2,(H,21,23)(H,24,25)/t13-/m1/s1. The zero-order valence-electron chi connectivity index (χ0n) is 13.2. The van der Waals surface area contributed by atoms with Gasteiger partial charge in [0.15, 0.2) is 11.6 Å². The normalized spacial score (nSPS) is 15.9. The third-order valence-electron chi connectivity index (χ3n) is 3.86. The molecular weight excluding hydrogens is 369 g/mol. The molecule has 5 nitrogen and oxygen atoms in total. The van der Waals surface area contributed by atoms with Gasteiger partial charge >= 0.3 is 6.09 Å². The molecule has 1 atom stereocenters. The number of hydrogen-bond donors (Lipinski definition) is 3. The molecule has 0 aromatic heterocycles. The lowest BCUT2D eigenvalue weighted by Crippen LogP contribution is -2.30. The highest BCUT2D eigenvalue weighted by Gasteiger charge is 2.29. The topological polar surface area (TPSA) is 78.4 Å². The minimum Gasteiger partial charge on any atom is -0.465 e. The lowest BCUT2D eigenvalue weighted by molar-refractivity contribution is 0.102. The smallest absolute Gasteiger partial charge is 0.405 e. The molecule has 1 aliphatic rings. The van der Waals surface area contributed by atoms with Crippen LogP contribution < -0.4 is 10.6 Å². The van der Waals surface area contributed by atoms with Gasteiger partial charge < -0.3 is 15.7 Å². The number of amides is 2. The Balaban J connectivity index is 1.94. The second-order valence-electron chi connectivity index (χ2n) is 5.56. The first-order valence-electron chi connectivity index (χ1n) is 7.58. The summed E-state index contributed by atoms with van der Waals surface area (Å²) in [5.41, 5.74) is 0.294. The molecule has 0 saturated carbocycles. The van der Waals surface area contributed by atoms with E-state index in [1.807, 2.05) is 0 Å². The van der Waals surface area contributed by atoms with Crippen molar-refractivity contribution >= 4 is 29.4 Å². The molecule has 2 aromatic carbocycles. The number of carbonyl (C=O) groups is 2. The van der Waals surface area contributed by atoms with Crippen LogP contribution in [0.2, 0.25) is 0 Å². The van der Waals surface area contributed by atoms with E-state index in [1.165, 1.54) is 23.9 Å². The molecule has 3 N–H and O–H groups in total. The number of carboxylic acid groups (broad SMARTS) is 1. The summed E-state index contributed by atoms with van der Waals surface area (Å²) in [6.45, 7) is 0. The van der Waals surface area contributed by atoms with E-state index < -0.39 is 35.5 Å². The van der Waals surface area contributed by atoms with Gasteiger partial charge in [-0.2, -0.15) is 0 Å². The summed E-state index contributed by atoms with van der Waals surface area (Å²) < 4.78 is 40.5. The summed E-state index contributed by atoms with van der Waals surface area (Å²) in [6, 6.07) is 4.52. The van der Waals surface area contributed by atoms with Gasteiger partial charge in [-0.3, -0.25) is 4.79 Å². The first kappa shape index (κ1) is 18.1. The van der Waals surface area contributed by atoms with Crippen LogP contribution in [0.15, 0.2) is 35.2 Å². The molecule has 0 unspecified atom stereocenters. The number of benzene rings is 2. The number of hydrogen-bond acceptors (Lipinski definition) is 3. The van der Waals surface area contributed by atoms with Crippen molar-refractivity contribution in [1.82, 2.24) is 5.32 Å². The van der Waals surface area contributed by atoms with Crippen molar-refractivity contribution < 1.29 is 27.9 Å². The molecule has 2 aromatic rings. The zero-order valence-corrected chi connectivity index (χ0v) is 14.0. The average Bonchev–Trinajstić information content (AvgIpc) is 2.58. The third kappa shape index (κ3) is 3.62. The van der Waals surface area contributed by atoms with Crippen LogP contribution in [0.4, 0.5) is 23.7 Å². The summed E-state index contributed by atoms with van der Waals surface area (Å²) in [5, 5.41) is 13.6. The molecule has 0 bridgehead atoms. The Labute approximate surface area is 150 Å². The Morgan fingerprint density at radius 1 is 1.08 bits per heavy atom. The van der Waals surface area contributed by atoms with Gasteiger partial charge in [0, 0.05) is 28.0 Å². The van der Waals surface area contributed by atoms with Crippen molar-refractivity contribution in [3.05, 3.63) is 58.9 Å². The largest absolute Gasteiger partial charge is 0.465 e. The minimum absolute atomic E-state index is 0.0491. The Kier molecular flexibility index (Phi) is 5.08. The number of rotatable bonds is 3. The second-order valence-corrected chi connectivity index (χ2v) is 6.67. The van der Waals surface area contributed by atoms with E-state index in [1.54, 1.807) is 0 Å². The molecule has 0 saturated heterocycles. The summed E-state index contributed by atoms with van der Waals surface area (Å²) in [5.74, 6) is -2.90. The molecule has 3 rings (SSSR count). The van der Waals surface area contributed by atoms with E-state index in [0.717, 1.165) is 18.2 Å². The fraction of sp³-hybridized carbons (Fsp3) is 0.176. The van der Waals surface area contributed by atoms with Crippen molar-refractivity contribution in [2.75, 3.05) is 11.1 Å². The quantitative estimate of drug-likeness (QED) is 0.745. The Hall–Kier alpha value is -2.68. The number of halogens is 3. The van der Waals surface area contributed by atoms with Gasteiger partial charge in [-0.05, 0) is 30.7 Å². The molecule has 0 aliphatic carbocycles. The molecule has 0 spiro atoms. The van der Waals surface area contributed by atoms with E-state index in [2.05, 4.69) is 10.6 Å². The molecule has 0 radical (unpaired) electrons. The van der Waals surface area contributed by atoms with Crippen molar-refractivity contribution in [2.24, 2.45) is 0 Å². The van der Waals surface area contributed by atoms with Gasteiger partial charge in [-0.1, -0.05) is 0 Å². The van der Waals surface area contributed by atoms with Gasteiger partial charge in [-0.25, -0.2) is 18.0 Å². The van der Waals surface area contributed by atoms with E-state index in [0.29, 0.717) is 17.1 Å². The highest BCUT2D eigenvalue weighted by Crippen LogP contribution is 2.40. The summed E-state index contributed by atoms with van der Waals surface area (Å²) in [6.07, 6.45) is -0.904. The molecule has 136 valence electrons. The Morgan fingerprint density at radius 3 is 2.50 bits per heavy atom. The highest BCUT2D eigenvalue weighted by atomic mass is 32.2. The highest BCUT2D eigenvalue weighted by molar-refractivity contribution is 7.99. The fourth-order valence-electron chi connectivity index (χ4n) is 2.72. The Bertz CT molecular complexity index is 892. The Morgan fingerprint density at radius 2 is 1.81 bits per heavy atom. The van der Waals surface area contributed by atoms with Crippen LogP contribution in [0.25, 0.3) is 0 Å². The summed E-state index contributed by atoms with van der Waals surface area (Å²) in [4.78, 5) is 23.8. The first-order chi connectivity index (χ1) is 12.4.